The number of amides is 1. The Labute approximate surface area is 130 Å². The summed E-state index contributed by atoms with van der Waals surface area (Å²) >= 11 is 0. The van der Waals surface area contributed by atoms with Crippen LogP contribution in [0.4, 0.5) is 13.2 Å². The minimum Gasteiger partial charge on any atom is -0.475 e. The van der Waals surface area contributed by atoms with Gasteiger partial charge < -0.3 is 20.6 Å². The van der Waals surface area contributed by atoms with Crippen molar-refractivity contribution in [2.45, 2.75) is 49.9 Å². The molecule has 0 aromatic carbocycles. The monoisotopic (exact) mass is 337 g/mol. The average Bonchev–Trinajstić information content (AvgIpc) is 3.20. The number of carboxylic acid groups (broad SMARTS) is 1. The van der Waals surface area contributed by atoms with E-state index in [2.05, 4.69) is 15.8 Å². The molecule has 2 aliphatic heterocycles. The van der Waals surface area contributed by atoms with E-state index in [4.69, 9.17) is 14.7 Å². The van der Waals surface area contributed by atoms with E-state index in [1.54, 1.807) is 0 Å². The van der Waals surface area contributed by atoms with E-state index in [1.807, 2.05) is 0 Å². The van der Waals surface area contributed by atoms with Gasteiger partial charge in [-0.15, -0.1) is 0 Å². The Hall–Kier alpha value is -1.84. The number of nitrogens with zero attached hydrogens (tertiary/aromatic N) is 1. The second-order valence-corrected chi connectivity index (χ2v) is 5.79. The van der Waals surface area contributed by atoms with Crippen LogP contribution in [-0.4, -0.2) is 53.6 Å². The zero-order chi connectivity index (χ0) is 17.1. The molecule has 0 aromatic heterocycles. The molecule has 0 unspecified atom stereocenters. The Kier molecular flexibility index (Phi) is 5.12. The number of carbonyl (C=O) groups is 2. The van der Waals surface area contributed by atoms with Crippen LogP contribution >= 0.6 is 0 Å². The molecule has 0 atom stereocenters. The topological polar surface area (TPSA) is 100 Å². The number of hydrogen-bond donors (Lipinski definition) is 3. The highest BCUT2D eigenvalue weighted by atomic mass is 19.4. The van der Waals surface area contributed by atoms with E-state index in [1.165, 1.54) is 0 Å². The van der Waals surface area contributed by atoms with Gasteiger partial charge in [0.15, 0.2) is 0 Å². The summed E-state index contributed by atoms with van der Waals surface area (Å²) in [6.07, 6.45) is -0.315. The first-order valence-electron chi connectivity index (χ1n) is 7.29. The maximum absolute atomic E-state index is 11.8. The fourth-order valence-corrected chi connectivity index (χ4v) is 2.29. The summed E-state index contributed by atoms with van der Waals surface area (Å²) in [6, 6.07) is 0.389. The van der Waals surface area contributed by atoms with Crippen LogP contribution in [0.1, 0.15) is 32.1 Å². The highest BCUT2D eigenvalue weighted by Crippen LogP contribution is 2.32. The summed E-state index contributed by atoms with van der Waals surface area (Å²) < 4.78 is 31.7. The first-order chi connectivity index (χ1) is 10.7. The third-order valence-electron chi connectivity index (χ3n) is 3.77. The molecule has 2 fully saturated rings. The van der Waals surface area contributed by atoms with Crippen LogP contribution in [0.3, 0.4) is 0 Å². The SMILES string of the molecule is O=C(NC1CC1)C1=NOC2(CCNCC2)C1.O=C(O)C(F)(F)F. The van der Waals surface area contributed by atoms with Crippen molar-refractivity contribution < 1.29 is 32.7 Å². The highest BCUT2D eigenvalue weighted by Gasteiger charge is 2.42. The predicted molar refractivity (Wildman–Crippen MR) is 72.8 cm³/mol. The van der Waals surface area contributed by atoms with Crippen molar-refractivity contribution in [3.05, 3.63) is 0 Å². The van der Waals surface area contributed by atoms with Gasteiger partial charge >= 0.3 is 12.1 Å². The van der Waals surface area contributed by atoms with Gasteiger partial charge in [0.25, 0.3) is 5.91 Å². The molecule has 0 radical (unpaired) electrons. The molecule has 0 aromatic rings. The molecule has 1 aliphatic carbocycles. The molecule has 130 valence electrons. The molecule has 2 heterocycles. The predicted octanol–water partition coefficient (Wildman–Crippen LogP) is 0.797. The molecule has 7 nitrogen and oxygen atoms in total. The summed E-state index contributed by atoms with van der Waals surface area (Å²) in [5.41, 5.74) is 0.385. The van der Waals surface area contributed by atoms with E-state index in [9.17, 15) is 18.0 Å². The Bertz CT molecular complexity index is 497. The Balaban J connectivity index is 0.000000236. The second kappa shape index (κ2) is 6.73. The minimum absolute atomic E-state index is 0.0297. The van der Waals surface area contributed by atoms with E-state index in [0.717, 1.165) is 38.8 Å². The summed E-state index contributed by atoms with van der Waals surface area (Å²) in [6.45, 7) is 1.90. The van der Waals surface area contributed by atoms with E-state index >= 15 is 0 Å². The lowest BCUT2D eigenvalue weighted by atomic mass is 9.87. The lowest BCUT2D eigenvalue weighted by molar-refractivity contribution is -0.192. The molecule has 1 saturated carbocycles. The van der Waals surface area contributed by atoms with Crippen LogP contribution in [0.5, 0.6) is 0 Å². The quantitative estimate of drug-likeness (QED) is 0.692. The number of nitrogens with one attached hydrogen (secondary N) is 2. The van der Waals surface area contributed by atoms with Crippen LogP contribution < -0.4 is 10.6 Å². The Morgan fingerprint density at radius 1 is 1.30 bits per heavy atom. The zero-order valence-corrected chi connectivity index (χ0v) is 12.3. The van der Waals surface area contributed by atoms with E-state index in [-0.39, 0.29) is 11.5 Å². The van der Waals surface area contributed by atoms with Gasteiger partial charge in [-0.3, -0.25) is 4.79 Å². The van der Waals surface area contributed by atoms with Crippen LogP contribution in [0.2, 0.25) is 0 Å². The number of aliphatic carboxylic acids is 1. The van der Waals surface area contributed by atoms with Crippen molar-refractivity contribution >= 4 is 17.6 Å². The third kappa shape index (κ3) is 5.08. The number of hydrogen-bond acceptors (Lipinski definition) is 5. The zero-order valence-electron chi connectivity index (χ0n) is 12.3. The van der Waals surface area contributed by atoms with E-state index < -0.39 is 12.1 Å². The number of alkyl halides is 3. The van der Waals surface area contributed by atoms with Gasteiger partial charge in [-0.2, -0.15) is 13.2 Å². The van der Waals surface area contributed by atoms with Crippen LogP contribution in [0.25, 0.3) is 0 Å². The molecule has 3 N–H and O–H groups in total. The maximum Gasteiger partial charge on any atom is 0.490 e. The number of piperidine rings is 1. The normalized spacial score (nSPS) is 22.5. The molecule has 3 rings (SSSR count). The van der Waals surface area contributed by atoms with Crippen molar-refractivity contribution in [2.24, 2.45) is 5.16 Å². The van der Waals surface area contributed by atoms with Gasteiger partial charge in [-0.1, -0.05) is 5.16 Å². The van der Waals surface area contributed by atoms with Crippen molar-refractivity contribution in [3.8, 4) is 0 Å². The average molecular weight is 337 g/mol. The largest absolute Gasteiger partial charge is 0.490 e. The van der Waals surface area contributed by atoms with Gasteiger partial charge in [0.05, 0.1) is 0 Å². The van der Waals surface area contributed by atoms with Crippen molar-refractivity contribution in [1.29, 1.82) is 0 Å². The maximum atomic E-state index is 11.8. The lowest BCUT2D eigenvalue weighted by Gasteiger charge is -2.30. The first kappa shape index (κ1) is 17.5. The number of rotatable bonds is 2. The highest BCUT2D eigenvalue weighted by molar-refractivity contribution is 6.39. The molecule has 1 amide bonds. The van der Waals surface area contributed by atoms with Crippen LogP contribution in [0.15, 0.2) is 5.16 Å². The Morgan fingerprint density at radius 3 is 2.35 bits per heavy atom. The lowest BCUT2D eigenvalue weighted by Crippen LogP contribution is -2.43. The molecule has 3 aliphatic rings. The number of oxime groups is 1. The molecule has 1 saturated heterocycles. The minimum atomic E-state index is -5.08. The molecule has 1 spiro atoms. The van der Waals surface area contributed by atoms with Crippen molar-refractivity contribution in [2.75, 3.05) is 13.1 Å². The van der Waals surface area contributed by atoms with E-state index in [0.29, 0.717) is 18.2 Å². The fraction of sp³-hybridized carbons (Fsp3) is 0.769. The summed E-state index contributed by atoms with van der Waals surface area (Å²) in [5.74, 6) is -2.79. The number of halogens is 3. The third-order valence-corrected chi connectivity index (χ3v) is 3.77. The van der Waals surface area contributed by atoms with Gasteiger partial charge in [0.1, 0.15) is 11.3 Å². The Morgan fingerprint density at radius 2 is 1.87 bits per heavy atom. The molecular formula is C13H18F3N3O4. The fourth-order valence-electron chi connectivity index (χ4n) is 2.29. The smallest absolute Gasteiger partial charge is 0.475 e. The molecular weight excluding hydrogens is 319 g/mol. The second-order valence-electron chi connectivity index (χ2n) is 5.79. The summed E-state index contributed by atoms with van der Waals surface area (Å²) in [5, 5.41) is 17.3. The van der Waals surface area contributed by atoms with Gasteiger partial charge in [-0.25, -0.2) is 4.79 Å². The van der Waals surface area contributed by atoms with Crippen LogP contribution in [0, 0.1) is 0 Å². The number of carboxylic acids is 1. The van der Waals surface area contributed by atoms with Gasteiger partial charge in [-0.05, 0) is 25.9 Å². The first-order valence-corrected chi connectivity index (χ1v) is 7.29. The van der Waals surface area contributed by atoms with Crippen molar-refractivity contribution in [3.63, 3.8) is 0 Å². The van der Waals surface area contributed by atoms with Crippen molar-refractivity contribution in [1.82, 2.24) is 10.6 Å². The molecule has 23 heavy (non-hydrogen) atoms. The molecule has 10 heteroatoms. The van der Waals surface area contributed by atoms with Gasteiger partial charge in [0, 0.05) is 25.3 Å². The summed E-state index contributed by atoms with van der Waals surface area (Å²) in [7, 11) is 0. The summed E-state index contributed by atoms with van der Waals surface area (Å²) in [4.78, 5) is 26.2. The van der Waals surface area contributed by atoms with Gasteiger partial charge in [0.2, 0.25) is 0 Å². The number of carbonyl (C=O) groups excluding carboxylic acids is 1. The molecule has 0 bridgehead atoms. The standard InChI is InChI=1S/C11H17N3O2.C2HF3O2/c15-10(13-8-1-2-8)9-7-11(16-14-9)3-5-12-6-4-11;3-2(4,5)1(6)7/h8,12H,1-7H2,(H,13,15);(H,6,7). The van der Waals surface area contributed by atoms with Crippen LogP contribution in [-0.2, 0) is 14.4 Å².